The molecule has 0 aliphatic carbocycles. The lowest BCUT2D eigenvalue weighted by atomic mass is 10.0. The molecular formula is C26H19NO4. The van der Waals surface area contributed by atoms with E-state index in [1.54, 1.807) is 30.3 Å². The minimum Gasteiger partial charge on any atom is -0.506 e. The maximum absolute atomic E-state index is 13.1. The number of fused-ring (bicyclic) bond motifs is 3. The van der Waals surface area contributed by atoms with Crippen LogP contribution in [0.4, 0.5) is 5.69 Å². The van der Waals surface area contributed by atoms with Crippen LogP contribution in [0.25, 0.3) is 33.1 Å². The summed E-state index contributed by atoms with van der Waals surface area (Å²) in [5.74, 6) is 0.00628. The van der Waals surface area contributed by atoms with E-state index in [4.69, 9.17) is 9.15 Å². The number of methoxy groups -OCH3 is 1. The Hall–Kier alpha value is -4.25. The smallest absolute Gasteiger partial charge is 0.259 e. The monoisotopic (exact) mass is 409 g/mol. The summed E-state index contributed by atoms with van der Waals surface area (Å²) in [7, 11) is 1.52. The summed E-state index contributed by atoms with van der Waals surface area (Å²) in [6.07, 6.45) is 0. The molecule has 0 saturated carbocycles. The maximum atomic E-state index is 13.1. The molecule has 1 aromatic heterocycles. The van der Waals surface area contributed by atoms with Crippen LogP contribution < -0.4 is 10.1 Å². The molecule has 1 amide bonds. The van der Waals surface area contributed by atoms with Crippen molar-refractivity contribution in [3.8, 4) is 22.6 Å². The van der Waals surface area contributed by atoms with E-state index in [2.05, 4.69) is 5.32 Å². The number of carbonyl (C=O) groups excluding carboxylic acids is 1. The highest BCUT2D eigenvalue weighted by molar-refractivity contribution is 6.12. The summed E-state index contributed by atoms with van der Waals surface area (Å²) in [5, 5.41) is 14.9. The number of phenols is 1. The second kappa shape index (κ2) is 7.54. The lowest BCUT2D eigenvalue weighted by Gasteiger charge is -2.12. The fraction of sp³-hybridized carbons (Fsp3) is 0.0385. The Morgan fingerprint density at radius 1 is 0.839 bits per heavy atom. The van der Waals surface area contributed by atoms with E-state index in [1.807, 2.05) is 54.6 Å². The van der Waals surface area contributed by atoms with Crippen molar-refractivity contribution >= 4 is 33.5 Å². The number of ether oxygens (including phenoxy) is 1. The van der Waals surface area contributed by atoms with Gasteiger partial charge in [0.2, 0.25) is 0 Å². The predicted molar refractivity (Wildman–Crippen MR) is 122 cm³/mol. The molecule has 0 aliphatic heterocycles. The first-order valence-corrected chi connectivity index (χ1v) is 9.83. The second-order valence-corrected chi connectivity index (χ2v) is 7.20. The number of aromatic hydroxyl groups is 1. The third kappa shape index (κ3) is 3.36. The zero-order valence-corrected chi connectivity index (χ0v) is 16.8. The number of rotatable bonds is 4. The van der Waals surface area contributed by atoms with Gasteiger partial charge in [0.15, 0.2) is 0 Å². The van der Waals surface area contributed by atoms with Gasteiger partial charge in [-0.1, -0.05) is 54.6 Å². The van der Waals surface area contributed by atoms with Gasteiger partial charge in [-0.05, 0) is 41.5 Å². The molecule has 152 valence electrons. The quantitative estimate of drug-likeness (QED) is 0.346. The average molecular weight is 409 g/mol. The number of benzene rings is 4. The van der Waals surface area contributed by atoms with E-state index in [0.717, 1.165) is 27.5 Å². The van der Waals surface area contributed by atoms with Crippen LogP contribution in [0.3, 0.4) is 0 Å². The average Bonchev–Trinajstić information content (AvgIpc) is 3.17. The van der Waals surface area contributed by atoms with Gasteiger partial charge in [0, 0.05) is 10.8 Å². The Labute approximate surface area is 178 Å². The molecule has 0 bridgehead atoms. The SMILES string of the molecule is COc1cc2c(cc1C(=O)Nc1cc(-c3ccccc3)ccc1O)oc1ccccc12. The molecule has 5 rings (SSSR count). The highest BCUT2D eigenvalue weighted by atomic mass is 16.5. The lowest BCUT2D eigenvalue weighted by molar-refractivity contribution is 0.102. The lowest BCUT2D eigenvalue weighted by Crippen LogP contribution is -2.13. The van der Waals surface area contributed by atoms with Crippen LogP contribution in [0.1, 0.15) is 10.4 Å². The van der Waals surface area contributed by atoms with E-state index in [-0.39, 0.29) is 5.75 Å². The summed E-state index contributed by atoms with van der Waals surface area (Å²) in [6.45, 7) is 0. The third-order valence-corrected chi connectivity index (χ3v) is 5.30. The van der Waals surface area contributed by atoms with Crippen LogP contribution in [-0.4, -0.2) is 18.1 Å². The summed E-state index contributed by atoms with van der Waals surface area (Å²) in [6, 6.07) is 26.0. The van der Waals surface area contributed by atoms with Gasteiger partial charge in [-0.3, -0.25) is 4.79 Å². The molecule has 0 radical (unpaired) electrons. The first-order valence-electron chi connectivity index (χ1n) is 9.83. The molecule has 2 N–H and O–H groups in total. The Balaban J connectivity index is 1.54. The number of amides is 1. The van der Waals surface area contributed by atoms with Crippen molar-refractivity contribution in [2.75, 3.05) is 12.4 Å². The molecule has 5 nitrogen and oxygen atoms in total. The van der Waals surface area contributed by atoms with E-state index >= 15 is 0 Å². The molecule has 5 aromatic rings. The molecule has 31 heavy (non-hydrogen) atoms. The number of hydrogen-bond donors (Lipinski definition) is 2. The number of carbonyl (C=O) groups is 1. The van der Waals surface area contributed by atoms with Gasteiger partial charge >= 0.3 is 0 Å². The second-order valence-electron chi connectivity index (χ2n) is 7.20. The van der Waals surface area contributed by atoms with E-state index < -0.39 is 5.91 Å². The maximum Gasteiger partial charge on any atom is 0.259 e. The Kier molecular flexibility index (Phi) is 4.56. The predicted octanol–water partition coefficient (Wildman–Crippen LogP) is 6.22. The fourth-order valence-electron chi connectivity index (χ4n) is 3.73. The number of nitrogens with one attached hydrogen (secondary N) is 1. The van der Waals surface area contributed by atoms with Gasteiger partial charge < -0.3 is 19.6 Å². The van der Waals surface area contributed by atoms with E-state index in [1.165, 1.54) is 7.11 Å². The van der Waals surface area contributed by atoms with E-state index in [9.17, 15) is 9.90 Å². The molecule has 0 unspecified atom stereocenters. The van der Waals surface area contributed by atoms with Gasteiger partial charge in [-0.2, -0.15) is 0 Å². The first kappa shape index (κ1) is 18.8. The Morgan fingerprint density at radius 3 is 2.42 bits per heavy atom. The van der Waals surface area contributed by atoms with Crippen molar-refractivity contribution < 1.29 is 19.1 Å². The minimum absolute atomic E-state index is 0.0168. The van der Waals surface area contributed by atoms with Crippen LogP contribution >= 0.6 is 0 Å². The van der Waals surface area contributed by atoms with Gasteiger partial charge in [-0.15, -0.1) is 0 Å². The van der Waals surface area contributed by atoms with Crippen molar-refractivity contribution in [3.05, 3.63) is 90.5 Å². The first-order chi connectivity index (χ1) is 15.1. The topological polar surface area (TPSA) is 71.7 Å². The standard InChI is InChI=1S/C26H19NO4/c1-30-24-14-19-18-9-5-6-10-23(18)31-25(19)15-20(24)26(29)27-21-13-17(11-12-22(21)28)16-7-3-2-4-8-16/h2-15,28H,1H3,(H,27,29). The molecule has 0 saturated heterocycles. The third-order valence-electron chi connectivity index (χ3n) is 5.30. The normalized spacial score (nSPS) is 11.0. The summed E-state index contributed by atoms with van der Waals surface area (Å²) in [4.78, 5) is 13.1. The van der Waals surface area contributed by atoms with Crippen molar-refractivity contribution in [1.29, 1.82) is 0 Å². The number of hydrogen-bond acceptors (Lipinski definition) is 4. The fourth-order valence-corrected chi connectivity index (χ4v) is 3.73. The van der Waals surface area contributed by atoms with Gasteiger partial charge in [0.25, 0.3) is 5.91 Å². The van der Waals surface area contributed by atoms with Crippen molar-refractivity contribution in [2.24, 2.45) is 0 Å². The molecule has 0 atom stereocenters. The molecule has 4 aromatic carbocycles. The summed E-state index contributed by atoms with van der Waals surface area (Å²) in [5.41, 5.74) is 3.84. The molecular weight excluding hydrogens is 390 g/mol. The largest absolute Gasteiger partial charge is 0.506 e. The number of para-hydroxylation sites is 1. The number of anilines is 1. The van der Waals surface area contributed by atoms with Crippen molar-refractivity contribution in [2.45, 2.75) is 0 Å². The highest BCUT2D eigenvalue weighted by Crippen LogP contribution is 2.35. The Bertz CT molecular complexity index is 1420. The molecule has 5 heteroatoms. The molecule has 0 spiro atoms. The van der Waals surface area contributed by atoms with Crippen LogP contribution in [0.2, 0.25) is 0 Å². The molecule has 1 heterocycles. The molecule has 0 fully saturated rings. The zero-order chi connectivity index (χ0) is 21.4. The van der Waals surface area contributed by atoms with Crippen LogP contribution in [0, 0.1) is 0 Å². The van der Waals surface area contributed by atoms with Crippen LogP contribution in [0.15, 0.2) is 89.3 Å². The highest BCUT2D eigenvalue weighted by Gasteiger charge is 2.18. The van der Waals surface area contributed by atoms with Gasteiger partial charge in [-0.25, -0.2) is 0 Å². The van der Waals surface area contributed by atoms with Gasteiger partial charge in [0.05, 0.1) is 18.4 Å². The molecule has 0 aliphatic rings. The number of furan rings is 1. The summed E-state index contributed by atoms with van der Waals surface area (Å²) >= 11 is 0. The Morgan fingerprint density at radius 2 is 1.61 bits per heavy atom. The minimum atomic E-state index is -0.403. The zero-order valence-electron chi connectivity index (χ0n) is 16.8. The number of phenolic OH excluding ortho intramolecular Hbond substituents is 1. The van der Waals surface area contributed by atoms with E-state index in [0.29, 0.717) is 22.6 Å². The van der Waals surface area contributed by atoms with Gasteiger partial charge in [0.1, 0.15) is 22.7 Å². The summed E-state index contributed by atoms with van der Waals surface area (Å²) < 4.78 is 11.4. The van der Waals surface area contributed by atoms with Crippen molar-refractivity contribution in [3.63, 3.8) is 0 Å². The van der Waals surface area contributed by atoms with Crippen LogP contribution in [-0.2, 0) is 0 Å². The van der Waals surface area contributed by atoms with Crippen LogP contribution in [0.5, 0.6) is 11.5 Å². The van der Waals surface area contributed by atoms with Crippen molar-refractivity contribution in [1.82, 2.24) is 0 Å².